The molecule has 0 aliphatic heterocycles. The van der Waals surface area contributed by atoms with E-state index < -0.39 is 24.0 Å². The molecule has 170 valence electrons. The van der Waals surface area contributed by atoms with E-state index >= 15 is 0 Å². The number of ether oxygens (including phenoxy) is 1. The molecule has 0 aromatic carbocycles. The van der Waals surface area contributed by atoms with E-state index in [4.69, 9.17) is 9.84 Å². The quantitative estimate of drug-likeness (QED) is 0.127. The molecule has 0 heterocycles. The van der Waals surface area contributed by atoms with Gasteiger partial charge >= 0.3 is 11.9 Å². The summed E-state index contributed by atoms with van der Waals surface area (Å²) in [5.74, 6) is -2.51. The molecule has 0 fully saturated rings. The minimum atomic E-state index is -1.23. The number of allylic oxidation sites excluding steroid dienone is 5. The number of carbonyl (C=O) groups excluding carboxylic acids is 2. The van der Waals surface area contributed by atoms with Crippen LogP contribution in [0.5, 0.6) is 0 Å². The summed E-state index contributed by atoms with van der Waals surface area (Å²) in [6.07, 6.45) is 16.6. The lowest BCUT2D eigenvalue weighted by Gasteiger charge is -2.29. The summed E-state index contributed by atoms with van der Waals surface area (Å²) in [6, 6.07) is 0. The number of carboxylic acids is 2. The topological polar surface area (TPSA) is 104 Å². The van der Waals surface area contributed by atoms with Gasteiger partial charge in [0.15, 0.2) is 6.10 Å². The smallest absolute Gasteiger partial charge is 0.330 e. The fraction of sp³-hybridized carbons (Fsp3) is 0.609. The van der Waals surface area contributed by atoms with Gasteiger partial charge in [0.1, 0.15) is 6.54 Å². The molecule has 0 bridgehead atoms. The first kappa shape index (κ1) is 27.6. The molecule has 0 rings (SSSR count). The molecule has 0 aromatic heterocycles. The number of nitrogens with zero attached hydrogens (tertiary/aromatic N) is 1. The molecule has 1 atom stereocenters. The highest BCUT2D eigenvalue weighted by molar-refractivity contribution is 5.82. The lowest BCUT2D eigenvalue weighted by molar-refractivity contribution is -0.873. The van der Waals surface area contributed by atoms with Crippen molar-refractivity contribution < 1.29 is 33.8 Å². The van der Waals surface area contributed by atoms with Crippen LogP contribution in [0.3, 0.4) is 0 Å². The molecule has 7 heteroatoms. The molecule has 0 aromatic rings. The van der Waals surface area contributed by atoms with Crippen LogP contribution in [0.1, 0.15) is 57.8 Å². The highest BCUT2D eigenvalue weighted by Crippen LogP contribution is 2.06. The second-order valence-electron chi connectivity index (χ2n) is 8.25. The van der Waals surface area contributed by atoms with Crippen LogP contribution >= 0.6 is 0 Å². The summed E-state index contributed by atoms with van der Waals surface area (Å²) in [4.78, 5) is 33.1. The zero-order chi connectivity index (χ0) is 22.8. The monoisotopic (exact) mass is 423 g/mol. The summed E-state index contributed by atoms with van der Waals surface area (Å²) >= 11 is 0. The van der Waals surface area contributed by atoms with E-state index in [9.17, 15) is 19.5 Å². The Morgan fingerprint density at radius 2 is 1.43 bits per heavy atom. The van der Waals surface area contributed by atoms with Gasteiger partial charge in [-0.25, -0.2) is 4.79 Å². The van der Waals surface area contributed by atoms with Gasteiger partial charge in [-0.05, 0) is 44.9 Å². The maximum atomic E-state index is 11.9. The molecule has 7 nitrogen and oxygen atoms in total. The van der Waals surface area contributed by atoms with Gasteiger partial charge in [-0.2, -0.15) is 0 Å². The van der Waals surface area contributed by atoms with Crippen LogP contribution in [0, 0.1) is 0 Å². The third kappa shape index (κ3) is 20.3. The number of rotatable bonds is 17. The van der Waals surface area contributed by atoms with Gasteiger partial charge in [-0.15, -0.1) is 0 Å². The van der Waals surface area contributed by atoms with E-state index in [1.807, 2.05) is 21.1 Å². The summed E-state index contributed by atoms with van der Waals surface area (Å²) in [7, 11) is 5.70. The highest BCUT2D eigenvalue weighted by Gasteiger charge is 2.21. The first-order chi connectivity index (χ1) is 14.1. The van der Waals surface area contributed by atoms with Crippen molar-refractivity contribution in [2.45, 2.75) is 63.9 Å². The van der Waals surface area contributed by atoms with Crippen LogP contribution in [0.15, 0.2) is 36.5 Å². The Labute approximate surface area is 180 Å². The van der Waals surface area contributed by atoms with Crippen molar-refractivity contribution in [3.8, 4) is 0 Å². The van der Waals surface area contributed by atoms with E-state index in [1.165, 1.54) is 6.08 Å². The number of hydrogen-bond acceptors (Lipinski definition) is 5. The van der Waals surface area contributed by atoms with Gasteiger partial charge in [-0.1, -0.05) is 30.4 Å². The van der Waals surface area contributed by atoms with E-state index in [2.05, 4.69) is 24.3 Å². The number of carboxylic acid groups (broad SMARTS) is 2. The number of carbonyl (C=O) groups is 3. The lowest BCUT2D eigenvalue weighted by Crippen LogP contribution is -2.45. The number of unbranched alkanes of at least 4 members (excludes halogenated alkanes) is 4. The normalized spacial score (nSPS) is 13.3. The average Bonchev–Trinajstić information content (AvgIpc) is 2.59. The molecule has 0 aliphatic carbocycles. The zero-order valence-electron chi connectivity index (χ0n) is 18.5. The largest absolute Gasteiger partial charge is 0.550 e. The minimum absolute atomic E-state index is 0.235. The van der Waals surface area contributed by atoms with Crippen LogP contribution < -0.4 is 5.11 Å². The summed E-state index contributed by atoms with van der Waals surface area (Å²) in [5.41, 5.74) is 0. The SMILES string of the molecule is C[N+](C)(C)CC(CC(=O)[O-])OC(=O)/C=C\CC/C=C/CC/C=C/CCCCC(=O)O. The van der Waals surface area contributed by atoms with Crippen LogP contribution in [0.2, 0.25) is 0 Å². The van der Waals surface area contributed by atoms with Crippen molar-refractivity contribution in [3.63, 3.8) is 0 Å². The molecule has 0 aliphatic rings. The van der Waals surface area contributed by atoms with Crippen molar-refractivity contribution in [2.24, 2.45) is 0 Å². The third-order valence-electron chi connectivity index (χ3n) is 4.03. The Bertz CT molecular complexity index is 601. The van der Waals surface area contributed by atoms with Crippen LogP contribution in [0.4, 0.5) is 0 Å². The van der Waals surface area contributed by atoms with Crippen molar-refractivity contribution in [1.29, 1.82) is 0 Å². The molecule has 1 N–H and O–H groups in total. The molecule has 0 amide bonds. The number of hydrogen-bond donors (Lipinski definition) is 1. The van der Waals surface area contributed by atoms with Crippen molar-refractivity contribution in [2.75, 3.05) is 27.7 Å². The Hall–Kier alpha value is -2.41. The highest BCUT2D eigenvalue weighted by atomic mass is 16.5. The molecule has 0 radical (unpaired) electrons. The molecule has 30 heavy (non-hydrogen) atoms. The van der Waals surface area contributed by atoms with E-state index in [-0.39, 0.29) is 12.8 Å². The Balaban J connectivity index is 3.93. The number of likely N-dealkylation sites (N-methyl/N-ethyl adjacent to an activating group) is 1. The minimum Gasteiger partial charge on any atom is -0.550 e. The molecule has 1 unspecified atom stereocenters. The molecular weight excluding hydrogens is 386 g/mol. The summed E-state index contributed by atoms with van der Waals surface area (Å²) < 4.78 is 5.72. The Morgan fingerprint density at radius 3 is 1.93 bits per heavy atom. The number of aliphatic carboxylic acids is 2. The van der Waals surface area contributed by atoms with Gasteiger partial charge in [-0.3, -0.25) is 4.79 Å². The maximum absolute atomic E-state index is 11.9. The van der Waals surface area contributed by atoms with Gasteiger partial charge in [0, 0.05) is 24.9 Å². The fourth-order valence-corrected chi connectivity index (χ4v) is 2.72. The zero-order valence-corrected chi connectivity index (χ0v) is 18.5. The predicted octanol–water partition coefficient (Wildman–Crippen LogP) is 2.62. The second kappa shape index (κ2) is 16.4. The summed E-state index contributed by atoms with van der Waals surface area (Å²) in [5, 5.41) is 19.4. The second-order valence-corrected chi connectivity index (χ2v) is 8.25. The van der Waals surface area contributed by atoms with Gasteiger partial charge in [0.25, 0.3) is 0 Å². The Kier molecular flexibility index (Phi) is 15.1. The maximum Gasteiger partial charge on any atom is 0.330 e. The van der Waals surface area contributed by atoms with Crippen molar-refractivity contribution in [3.05, 3.63) is 36.5 Å². The fourth-order valence-electron chi connectivity index (χ4n) is 2.72. The van der Waals surface area contributed by atoms with Gasteiger partial charge in [0.05, 0.1) is 21.1 Å². The van der Waals surface area contributed by atoms with Crippen LogP contribution in [-0.4, -0.2) is 61.3 Å². The van der Waals surface area contributed by atoms with Crippen LogP contribution in [0.25, 0.3) is 0 Å². The molecule has 0 saturated carbocycles. The standard InChI is InChI=1S/C23H37NO6/c1-24(2,3)19-20(18-22(27)28)30-23(29)17-15-13-11-9-7-5-4-6-8-10-12-14-16-21(25)26/h6-9,15,17,20H,4-5,10-14,16,18-19H2,1-3H3,(H-,25,26,27,28)/b8-6+,9-7+,17-15-. The number of esters is 1. The van der Waals surface area contributed by atoms with Gasteiger partial charge < -0.3 is 24.2 Å². The van der Waals surface area contributed by atoms with E-state index in [0.29, 0.717) is 23.9 Å². The third-order valence-corrected chi connectivity index (χ3v) is 4.03. The predicted molar refractivity (Wildman–Crippen MR) is 114 cm³/mol. The summed E-state index contributed by atoms with van der Waals surface area (Å²) in [6.45, 7) is 0.396. The number of quaternary nitrogens is 1. The lowest BCUT2D eigenvalue weighted by atomic mass is 10.1. The molecular formula is C23H37NO6. The molecule has 0 spiro atoms. The first-order valence-electron chi connectivity index (χ1n) is 10.5. The van der Waals surface area contributed by atoms with Gasteiger partial charge in [0.2, 0.25) is 0 Å². The van der Waals surface area contributed by atoms with E-state index in [1.54, 1.807) is 6.08 Å². The molecule has 0 saturated heterocycles. The van der Waals surface area contributed by atoms with Crippen molar-refractivity contribution >= 4 is 17.9 Å². The average molecular weight is 424 g/mol. The van der Waals surface area contributed by atoms with Crippen LogP contribution in [-0.2, 0) is 19.1 Å². The first-order valence-corrected chi connectivity index (χ1v) is 10.5. The Morgan fingerprint density at radius 1 is 0.900 bits per heavy atom. The van der Waals surface area contributed by atoms with Crippen molar-refractivity contribution in [1.82, 2.24) is 0 Å². The van der Waals surface area contributed by atoms with E-state index in [0.717, 1.165) is 32.1 Å².